The van der Waals surface area contributed by atoms with Crippen molar-refractivity contribution in [1.29, 1.82) is 0 Å². The lowest BCUT2D eigenvalue weighted by Gasteiger charge is -2.11. The summed E-state index contributed by atoms with van der Waals surface area (Å²) in [6.07, 6.45) is 2.19. The van der Waals surface area contributed by atoms with Crippen LogP contribution in [0.4, 0.5) is 0 Å². The van der Waals surface area contributed by atoms with Crippen LogP contribution in [0.5, 0.6) is 0 Å². The molecule has 0 aliphatic heterocycles. The quantitative estimate of drug-likeness (QED) is 0.569. The number of hydrogen-bond donors (Lipinski definition) is 0. The maximum Gasteiger partial charge on any atom is 0.129 e. The van der Waals surface area contributed by atoms with Crippen LogP contribution in [0.1, 0.15) is 33.6 Å². The number of rotatable bonds is 5. The molecule has 1 atom stereocenters. The third-order valence-electron chi connectivity index (χ3n) is 1.86. The minimum atomic E-state index is 0.0545. The third-order valence-corrected chi connectivity index (χ3v) is 1.86. The average molecular weight is 156 g/mol. The summed E-state index contributed by atoms with van der Waals surface area (Å²) in [6.45, 7) is 5.56. The van der Waals surface area contributed by atoms with Crippen molar-refractivity contribution in [2.45, 2.75) is 33.6 Å². The first-order valence-electron chi connectivity index (χ1n) is 4.02. The second-order valence-corrected chi connectivity index (χ2v) is 3.28. The average Bonchev–Trinajstić information content (AvgIpc) is 1.87. The van der Waals surface area contributed by atoms with Crippen LogP contribution < -0.4 is 0 Å². The molecule has 0 saturated heterocycles. The maximum absolute atomic E-state index is 10.6. The van der Waals surface area contributed by atoms with Crippen molar-refractivity contribution in [3.8, 4) is 0 Å². The molecule has 0 saturated carbocycles. The van der Waals surface area contributed by atoms with Crippen molar-refractivity contribution in [2.24, 2.45) is 11.8 Å². The van der Waals surface area contributed by atoms with Crippen molar-refractivity contribution in [2.75, 3.05) is 0 Å². The van der Waals surface area contributed by atoms with Gasteiger partial charge in [-0.15, -0.1) is 0 Å². The van der Waals surface area contributed by atoms with Crippen LogP contribution in [0.3, 0.4) is 0 Å². The fourth-order valence-electron chi connectivity index (χ4n) is 0.928. The van der Waals surface area contributed by atoms with Gasteiger partial charge >= 0.3 is 0 Å². The van der Waals surface area contributed by atoms with E-state index in [1.165, 1.54) is 0 Å². The van der Waals surface area contributed by atoms with Crippen LogP contribution >= 0.6 is 0 Å². The lowest BCUT2D eigenvalue weighted by Crippen LogP contribution is -2.11. The number of ketones is 1. The first kappa shape index (κ1) is 10.3. The van der Waals surface area contributed by atoms with Crippen LogP contribution in [0, 0.1) is 11.8 Å². The standard InChI is InChI=1S/C9H16O2/c1-7(2)9(6-10)5-4-8(3)11/h6-7,9H,4-5H2,1-3H3/t9-/m0/s1. The Morgan fingerprint density at radius 1 is 1.45 bits per heavy atom. The van der Waals surface area contributed by atoms with Gasteiger partial charge in [0.05, 0.1) is 0 Å². The molecule has 0 aromatic carbocycles. The van der Waals surface area contributed by atoms with E-state index in [-0.39, 0.29) is 11.7 Å². The molecule has 0 spiro atoms. The number of aldehydes is 1. The van der Waals surface area contributed by atoms with Gasteiger partial charge in [-0.2, -0.15) is 0 Å². The first-order valence-corrected chi connectivity index (χ1v) is 4.02. The molecule has 0 N–H and O–H groups in total. The summed E-state index contributed by atoms with van der Waals surface area (Å²) >= 11 is 0. The molecule has 2 nitrogen and oxygen atoms in total. The van der Waals surface area contributed by atoms with Gasteiger partial charge in [-0.05, 0) is 19.3 Å². The summed E-state index contributed by atoms with van der Waals surface area (Å²) in [6, 6.07) is 0. The zero-order valence-corrected chi connectivity index (χ0v) is 7.46. The Balaban J connectivity index is 3.69. The van der Waals surface area contributed by atoms with Crippen LogP contribution in [0.15, 0.2) is 0 Å². The molecular formula is C9H16O2. The normalized spacial score (nSPS) is 13.1. The Bertz CT molecular complexity index is 138. The van der Waals surface area contributed by atoms with Gasteiger partial charge in [0.2, 0.25) is 0 Å². The van der Waals surface area contributed by atoms with E-state index in [0.717, 1.165) is 6.29 Å². The van der Waals surface area contributed by atoms with Crippen LogP contribution in [-0.4, -0.2) is 12.1 Å². The number of carbonyl (C=O) groups is 2. The lowest BCUT2D eigenvalue weighted by atomic mass is 9.92. The van der Waals surface area contributed by atoms with Gasteiger partial charge in [0.1, 0.15) is 12.1 Å². The van der Waals surface area contributed by atoms with Gasteiger partial charge in [-0.3, -0.25) is 0 Å². The van der Waals surface area contributed by atoms with Crippen LogP contribution in [0.25, 0.3) is 0 Å². The molecule has 0 fully saturated rings. The summed E-state index contributed by atoms with van der Waals surface area (Å²) in [7, 11) is 0. The summed E-state index contributed by atoms with van der Waals surface area (Å²) in [5, 5.41) is 0. The van der Waals surface area contributed by atoms with Crippen LogP contribution in [0.2, 0.25) is 0 Å². The van der Waals surface area contributed by atoms with Gasteiger partial charge in [0, 0.05) is 12.3 Å². The van der Waals surface area contributed by atoms with E-state index in [1.54, 1.807) is 6.92 Å². The molecule has 0 aromatic heterocycles. The Labute approximate surface area is 68.0 Å². The zero-order chi connectivity index (χ0) is 8.85. The number of carbonyl (C=O) groups excluding carboxylic acids is 2. The van der Waals surface area contributed by atoms with Gasteiger partial charge in [-0.25, -0.2) is 0 Å². The van der Waals surface area contributed by atoms with Crippen molar-refractivity contribution < 1.29 is 9.59 Å². The molecular weight excluding hydrogens is 140 g/mol. The molecule has 0 heterocycles. The van der Waals surface area contributed by atoms with Gasteiger partial charge in [0.25, 0.3) is 0 Å². The van der Waals surface area contributed by atoms with Gasteiger partial charge < -0.3 is 9.59 Å². The maximum atomic E-state index is 10.6. The Morgan fingerprint density at radius 3 is 2.27 bits per heavy atom. The van der Waals surface area contributed by atoms with E-state index in [1.807, 2.05) is 13.8 Å². The summed E-state index contributed by atoms with van der Waals surface area (Å²) < 4.78 is 0. The Kier molecular flexibility index (Phi) is 4.75. The van der Waals surface area contributed by atoms with Gasteiger partial charge in [0.15, 0.2) is 0 Å². The van der Waals surface area contributed by atoms with E-state index in [9.17, 15) is 9.59 Å². The van der Waals surface area contributed by atoms with Crippen molar-refractivity contribution in [3.63, 3.8) is 0 Å². The highest BCUT2D eigenvalue weighted by Crippen LogP contribution is 2.14. The molecule has 0 unspecified atom stereocenters. The molecule has 0 aliphatic carbocycles. The molecule has 0 aromatic rings. The molecule has 64 valence electrons. The van der Waals surface area contributed by atoms with E-state index >= 15 is 0 Å². The SMILES string of the molecule is CC(=O)CC[C@@H](C=O)C(C)C. The summed E-state index contributed by atoms with van der Waals surface area (Å²) in [4.78, 5) is 21.0. The number of hydrogen-bond acceptors (Lipinski definition) is 2. The molecule has 0 bridgehead atoms. The monoisotopic (exact) mass is 156 g/mol. The van der Waals surface area contributed by atoms with E-state index in [2.05, 4.69) is 0 Å². The summed E-state index contributed by atoms with van der Waals surface area (Å²) in [5.41, 5.74) is 0. The number of Topliss-reactive ketones (excluding diaryl/α,β-unsaturated/α-hetero) is 1. The highest BCUT2D eigenvalue weighted by Gasteiger charge is 2.12. The van der Waals surface area contributed by atoms with E-state index in [0.29, 0.717) is 18.8 Å². The molecule has 2 heteroatoms. The molecule has 0 aliphatic rings. The predicted octanol–water partition coefficient (Wildman–Crippen LogP) is 1.83. The molecule has 11 heavy (non-hydrogen) atoms. The second-order valence-electron chi connectivity index (χ2n) is 3.28. The zero-order valence-electron chi connectivity index (χ0n) is 7.46. The van der Waals surface area contributed by atoms with Crippen molar-refractivity contribution >= 4 is 12.1 Å². The molecule has 0 radical (unpaired) electrons. The van der Waals surface area contributed by atoms with Crippen molar-refractivity contribution in [3.05, 3.63) is 0 Å². The van der Waals surface area contributed by atoms with Gasteiger partial charge in [-0.1, -0.05) is 13.8 Å². The largest absolute Gasteiger partial charge is 0.303 e. The lowest BCUT2D eigenvalue weighted by molar-refractivity contribution is -0.117. The molecule has 0 rings (SSSR count). The minimum absolute atomic E-state index is 0.0545. The minimum Gasteiger partial charge on any atom is -0.303 e. The van der Waals surface area contributed by atoms with E-state index in [4.69, 9.17) is 0 Å². The van der Waals surface area contributed by atoms with Crippen molar-refractivity contribution in [1.82, 2.24) is 0 Å². The highest BCUT2D eigenvalue weighted by atomic mass is 16.1. The third kappa shape index (κ3) is 4.71. The summed E-state index contributed by atoms with van der Waals surface area (Å²) in [5.74, 6) is 0.572. The molecule has 0 amide bonds. The highest BCUT2D eigenvalue weighted by molar-refractivity contribution is 5.75. The second kappa shape index (κ2) is 5.05. The fourth-order valence-corrected chi connectivity index (χ4v) is 0.928. The van der Waals surface area contributed by atoms with Crippen LogP contribution in [-0.2, 0) is 9.59 Å². The topological polar surface area (TPSA) is 34.1 Å². The van der Waals surface area contributed by atoms with E-state index < -0.39 is 0 Å². The predicted molar refractivity (Wildman–Crippen MR) is 44.3 cm³/mol. The Morgan fingerprint density at radius 2 is 2.00 bits per heavy atom. The fraction of sp³-hybridized carbons (Fsp3) is 0.778. The smallest absolute Gasteiger partial charge is 0.129 e. The Hall–Kier alpha value is -0.660. The first-order chi connectivity index (χ1) is 5.07.